The third-order valence-corrected chi connectivity index (χ3v) is 4.93. The van der Waals surface area contributed by atoms with Crippen LogP contribution in [-0.4, -0.2) is 59.6 Å². The van der Waals surface area contributed by atoms with Crippen molar-refractivity contribution in [2.75, 3.05) is 19.7 Å². The van der Waals surface area contributed by atoms with Crippen molar-refractivity contribution in [2.45, 2.75) is 85.9 Å². The van der Waals surface area contributed by atoms with E-state index in [1.165, 1.54) is 4.90 Å². The molecular weight excluding hydrogens is 450 g/mol. The predicted octanol–water partition coefficient (Wildman–Crippen LogP) is 3.57. The molecule has 1 aromatic carbocycles. The SMILES string of the molecule is CCOC(=O)CCNC(=O)C(c1ccc(C)cc1C)N(C(=O)CNC(=O)OC(C)(C)C)C(C)(C)C. The van der Waals surface area contributed by atoms with Crippen molar-refractivity contribution in [3.63, 3.8) is 0 Å². The number of ether oxygens (including phenoxy) is 2. The Morgan fingerprint density at radius 3 is 2.14 bits per heavy atom. The average molecular weight is 492 g/mol. The normalized spacial score (nSPS) is 12.4. The number of alkyl carbamates (subject to hydrolysis) is 1. The Balaban J connectivity index is 3.27. The Kier molecular flexibility index (Phi) is 10.7. The predicted molar refractivity (Wildman–Crippen MR) is 134 cm³/mol. The van der Waals surface area contributed by atoms with Crippen LogP contribution in [0.4, 0.5) is 4.79 Å². The van der Waals surface area contributed by atoms with Gasteiger partial charge < -0.3 is 25.0 Å². The quantitative estimate of drug-likeness (QED) is 0.511. The van der Waals surface area contributed by atoms with E-state index >= 15 is 0 Å². The van der Waals surface area contributed by atoms with Crippen LogP contribution in [0.3, 0.4) is 0 Å². The monoisotopic (exact) mass is 491 g/mol. The first kappa shape index (κ1) is 29.9. The van der Waals surface area contributed by atoms with Gasteiger partial charge in [-0.1, -0.05) is 23.8 Å². The van der Waals surface area contributed by atoms with Gasteiger partial charge in [-0.3, -0.25) is 14.4 Å². The van der Waals surface area contributed by atoms with Crippen LogP contribution in [0.2, 0.25) is 0 Å². The van der Waals surface area contributed by atoms with Crippen molar-refractivity contribution in [1.29, 1.82) is 0 Å². The van der Waals surface area contributed by atoms with Crippen LogP contribution >= 0.6 is 0 Å². The highest BCUT2D eigenvalue weighted by Crippen LogP contribution is 2.31. The number of hydrogen-bond acceptors (Lipinski definition) is 6. The van der Waals surface area contributed by atoms with Crippen molar-refractivity contribution >= 4 is 23.9 Å². The number of hydrogen-bond donors (Lipinski definition) is 2. The average Bonchev–Trinajstić information content (AvgIpc) is 2.68. The molecule has 0 saturated heterocycles. The maximum absolute atomic E-state index is 13.5. The van der Waals surface area contributed by atoms with Crippen LogP contribution in [0.15, 0.2) is 18.2 Å². The Hall–Kier alpha value is -3.10. The van der Waals surface area contributed by atoms with Gasteiger partial charge in [0.1, 0.15) is 18.2 Å². The number of rotatable bonds is 9. The van der Waals surface area contributed by atoms with Crippen LogP contribution < -0.4 is 10.6 Å². The van der Waals surface area contributed by atoms with Gasteiger partial charge in [0.2, 0.25) is 11.8 Å². The molecule has 0 radical (unpaired) electrons. The molecule has 1 atom stereocenters. The van der Waals surface area contributed by atoms with Crippen LogP contribution in [-0.2, 0) is 23.9 Å². The van der Waals surface area contributed by atoms with E-state index in [0.717, 1.165) is 11.1 Å². The first-order chi connectivity index (χ1) is 16.1. The standard InChI is InChI=1S/C26H41N3O6/c1-10-34-21(31)13-14-27-23(32)22(19-12-11-17(2)15-18(19)3)29(25(4,5)6)20(30)16-28-24(33)35-26(7,8)9/h11-12,15,22H,10,13-14,16H2,1-9H3,(H,27,32)(H,28,33). The molecule has 0 heterocycles. The lowest BCUT2D eigenvalue weighted by Gasteiger charge is -2.41. The fraction of sp³-hybridized carbons (Fsp3) is 0.615. The molecule has 196 valence electrons. The molecule has 9 heteroatoms. The highest BCUT2D eigenvalue weighted by molar-refractivity contribution is 5.91. The lowest BCUT2D eigenvalue weighted by Crippen LogP contribution is -2.55. The number of aryl methyl sites for hydroxylation is 2. The molecular formula is C26H41N3O6. The summed E-state index contributed by atoms with van der Waals surface area (Å²) in [4.78, 5) is 52.2. The maximum atomic E-state index is 13.5. The molecule has 2 N–H and O–H groups in total. The molecule has 0 spiro atoms. The Labute approximate surface area is 208 Å². The van der Waals surface area contributed by atoms with Gasteiger partial charge in [0, 0.05) is 12.1 Å². The van der Waals surface area contributed by atoms with Gasteiger partial charge in [-0.15, -0.1) is 0 Å². The summed E-state index contributed by atoms with van der Waals surface area (Å²) in [6.45, 7) is 16.2. The second kappa shape index (κ2) is 12.6. The zero-order valence-corrected chi connectivity index (χ0v) is 22.5. The first-order valence-corrected chi connectivity index (χ1v) is 11.9. The molecule has 1 rings (SSSR count). The van der Waals surface area contributed by atoms with Crippen molar-refractivity contribution < 1.29 is 28.7 Å². The molecule has 0 fully saturated rings. The van der Waals surface area contributed by atoms with Crippen molar-refractivity contribution in [3.8, 4) is 0 Å². The fourth-order valence-corrected chi connectivity index (χ4v) is 3.60. The summed E-state index contributed by atoms with van der Waals surface area (Å²) in [6, 6.07) is 4.67. The fourth-order valence-electron chi connectivity index (χ4n) is 3.60. The second-order valence-corrected chi connectivity index (χ2v) is 10.4. The molecule has 0 aliphatic carbocycles. The van der Waals surface area contributed by atoms with E-state index in [2.05, 4.69) is 10.6 Å². The van der Waals surface area contributed by atoms with Crippen LogP contribution in [0.1, 0.15) is 77.6 Å². The summed E-state index contributed by atoms with van der Waals surface area (Å²) in [6.07, 6.45) is -0.704. The van der Waals surface area contributed by atoms with Crippen molar-refractivity contribution in [1.82, 2.24) is 15.5 Å². The molecule has 35 heavy (non-hydrogen) atoms. The second-order valence-electron chi connectivity index (χ2n) is 10.4. The molecule has 9 nitrogen and oxygen atoms in total. The van der Waals surface area contributed by atoms with E-state index in [1.54, 1.807) is 27.7 Å². The summed E-state index contributed by atoms with van der Waals surface area (Å²) in [7, 11) is 0. The number of nitrogens with zero attached hydrogens (tertiary/aromatic N) is 1. The largest absolute Gasteiger partial charge is 0.466 e. The molecule has 0 aliphatic rings. The first-order valence-electron chi connectivity index (χ1n) is 11.9. The summed E-state index contributed by atoms with van der Waals surface area (Å²) in [5.41, 5.74) is 1.04. The van der Waals surface area contributed by atoms with E-state index in [-0.39, 0.29) is 26.1 Å². The summed E-state index contributed by atoms with van der Waals surface area (Å²) < 4.78 is 10.2. The van der Waals surface area contributed by atoms with E-state index < -0.39 is 41.1 Å². The zero-order chi connectivity index (χ0) is 27.0. The number of carbonyl (C=O) groups excluding carboxylic acids is 4. The number of nitrogens with one attached hydrogen (secondary N) is 2. The topological polar surface area (TPSA) is 114 Å². The van der Waals surface area contributed by atoms with Gasteiger partial charge in [-0.25, -0.2) is 4.79 Å². The van der Waals surface area contributed by atoms with Crippen molar-refractivity contribution in [3.05, 3.63) is 34.9 Å². The minimum atomic E-state index is -0.981. The minimum Gasteiger partial charge on any atom is -0.466 e. The van der Waals surface area contributed by atoms with Gasteiger partial charge in [-0.2, -0.15) is 0 Å². The van der Waals surface area contributed by atoms with Gasteiger partial charge in [0.25, 0.3) is 0 Å². The van der Waals surface area contributed by atoms with E-state index in [1.807, 2.05) is 52.8 Å². The lowest BCUT2D eigenvalue weighted by molar-refractivity contribution is -0.146. The zero-order valence-electron chi connectivity index (χ0n) is 22.5. The van der Waals surface area contributed by atoms with E-state index in [0.29, 0.717) is 5.56 Å². The molecule has 1 unspecified atom stereocenters. The summed E-state index contributed by atoms with van der Waals surface area (Å²) >= 11 is 0. The lowest BCUT2D eigenvalue weighted by atomic mass is 9.93. The molecule has 3 amide bonds. The summed E-state index contributed by atoms with van der Waals surface area (Å²) in [5, 5.41) is 5.26. The molecule has 0 saturated carbocycles. The number of esters is 1. The molecule has 1 aromatic rings. The molecule has 0 bridgehead atoms. The third kappa shape index (κ3) is 9.96. The molecule has 0 aromatic heterocycles. The Morgan fingerprint density at radius 1 is 1.00 bits per heavy atom. The number of amides is 3. The highest BCUT2D eigenvalue weighted by Gasteiger charge is 2.39. The van der Waals surface area contributed by atoms with Gasteiger partial charge in [-0.05, 0) is 73.4 Å². The van der Waals surface area contributed by atoms with Gasteiger partial charge in [0.15, 0.2) is 0 Å². The molecule has 0 aliphatic heterocycles. The highest BCUT2D eigenvalue weighted by atomic mass is 16.6. The number of carbonyl (C=O) groups is 4. The van der Waals surface area contributed by atoms with E-state index in [4.69, 9.17) is 9.47 Å². The van der Waals surface area contributed by atoms with Crippen LogP contribution in [0, 0.1) is 13.8 Å². The maximum Gasteiger partial charge on any atom is 0.408 e. The Morgan fingerprint density at radius 2 is 1.63 bits per heavy atom. The minimum absolute atomic E-state index is 0.0167. The summed E-state index contributed by atoms with van der Waals surface area (Å²) in [5.74, 6) is -1.29. The van der Waals surface area contributed by atoms with Crippen molar-refractivity contribution in [2.24, 2.45) is 0 Å². The third-order valence-electron chi connectivity index (χ3n) is 4.93. The van der Waals surface area contributed by atoms with E-state index in [9.17, 15) is 19.2 Å². The number of benzene rings is 1. The Bertz CT molecular complexity index is 915. The smallest absolute Gasteiger partial charge is 0.408 e. The van der Waals surface area contributed by atoms with Crippen LogP contribution in [0.25, 0.3) is 0 Å². The van der Waals surface area contributed by atoms with Gasteiger partial charge >= 0.3 is 12.1 Å². The van der Waals surface area contributed by atoms with Gasteiger partial charge in [0.05, 0.1) is 13.0 Å². The van der Waals surface area contributed by atoms with Crippen LogP contribution in [0.5, 0.6) is 0 Å².